The second-order valence-corrected chi connectivity index (χ2v) is 6.94. The first-order chi connectivity index (χ1) is 7.89. The first-order valence-electron chi connectivity index (χ1n) is 5.71. The lowest BCUT2D eigenvalue weighted by Crippen LogP contribution is -2.40. The third-order valence-corrected chi connectivity index (χ3v) is 4.94. The van der Waals surface area contributed by atoms with E-state index in [1.807, 2.05) is 26.0 Å². The van der Waals surface area contributed by atoms with Crippen molar-refractivity contribution in [2.45, 2.75) is 13.8 Å². The summed E-state index contributed by atoms with van der Waals surface area (Å²) in [5, 5.41) is 0. The number of benzene rings is 1. The van der Waals surface area contributed by atoms with Gasteiger partial charge in [0.25, 0.3) is 0 Å². The van der Waals surface area contributed by atoms with Gasteiger partial charge in [-0.3, -0.25) is 0 Å². The van der Waals surface area contributed by atoms with E-state index in [1.54, 1.807) is 0 Å². The van der Waals surface area contributed by atoms with Crippen molar-refractivity contribution in [1.82, 2.24) is 0 Å². The highest BCUT2D eigenvalue weighted by atomic mass is 32.2. The molecule has 1 saturated heterocycles. The molecular weight excluding hydrogens is 236 g/mol. The average molecular weight is 254 g/mol. The molecule has 1 aliphatic rings. The normalized spacial score (nSPS) is 19.3. The van der Waals surface area contributed by atoms with Gasteiger partial charge < -0.3 is 10.6 Å². The largest absolute Gasteiger partial charge is 0.397 e. The van der Waals surface area contributed by atoms with Crippen LogP contribution in [0.4, 0.5) is 11.4 Å². The molecule has 94 valence electrons. The van der Waals surface area contributed by atoms with Crippen LogP contribution in [0.25, 0.3) is 0 Å². The molecule has 1 aliphatic heterocycles. The monoisotopic (exact) mass is 254 g/mol. The summed E-state index contributed by atoms with van der Waals surface area (Å²) in [6, 6.07) is 4.00. The van der Waals surface area contributed by atoms with Crippen molar-refractivity contribution in [1.29, 1.82) is 0 Å². The highest BCUT2D eigenvalue weighted by Crippen LogP contribution is 2.27. The van der Waals surface area contributed by atoms with Gasteiger partial charge in [0.2, 0.25) is 0 Å². The second kappa shape index (κ2) is 4.22. The number of aryl methyl sites for hydroxylation is 2. The average Bonchev–Trinajstić information content (AvgIpc) is 2.24. The maximum Gasteiger partial charge on any atom is 0.153 e. The topological polar surface area (TPSA) is 63.4 Å². The van der Waals surface area contributed by atoms with Crippen molar-refractivity contribution in [3.63, 3.8) is 0 Å². The van der Waals surface area contributed by atoms with Crippen molar-refractivity contribution in [3.8, 4) is 0 Å². The zero-order chi connectivity index (χ0) is 12.6. The van der Waals surface area contributed by atoms with E-state index in [0.29, 0.717) is 13.1 Å². The molecular formula is C12H18N2O2S. The van der Waals surface area contributed by atoms with E-state index in [-0.39, 0.29) is 11.5 Å². The van der Waals surface area contributed by atoms with Gasteiger partial charge in [-0.2, -0.15) is 0 Å². The van der Waals surface area contributed by atoms with Crippen LogP contribution in [-0.4, -0.2) is 33.0 Å². The van der Waals surface area contributed by atoms with E-state index >= 15 is 0 Å². The molecule has 17 heavy (non-hydrogen) atoms. The van der Waals surface area contributed by atoms with E-state index in [4.69, 9.17) is 5.73 Å². The van der Waals surface area contributed by atoms with Gasteiger partial charge in [-0.1, -0.05) is 0 Å². The minimum Gasteiger partial charge on any atom is -0.397 e. The molecule has 0 aromatic heterocycles. The molecule has 1 fully saturated rings. The molecule has 2 rings (SSSR count). The quantitative estimate of drug-likeness (QED) is 0.763. The molecule has 0 radical (unpaired) electrons. The summed E-state index contributed by atoms with van der Waals surface area (Å²) in [7, 11) is -2.84. The molecule has 1 heterocycles. The number of sulfone groups is 1. The van der Waals surface area contributed by atoms with E-state index in [1.165, 1.54) is 5.56 Å². The zero-order valence-electron chi connectivity index (χ0n) is 10.2. The van der Waals surface area contributed by atoms with Crippen LogP contribution < -0.4 is 10.6 Å². The van der Waals surface area contributed by atoms with Crippen molar-refractivity contribution in [3.05, 3.63) is 23.3 Å². The predicted octanol–water partition coefficient (Wildman–Crippen LogP) is 1.12. The summed E-state index contributed by atoms with van der Waals surface area (Å²) in [6.07, 6.45) is 0. The molecule has 5 heteroatoms. The van der Waals surface area contributed by atoms with Gasteiger partial charge in [0.05, 0.1) is 22.9 Å². The minimum absolute atomic E-state index is 0.222. The number of rotatable bonds is 1. The summed E-state index contributed by atoms with van der Waals surface area (Å²) < 4.78 is 22.8. The van der Waals surface area contributed by atoms with Gasteiger partial charge >= 0.3 is 0 Å². The minimum atomic E-state index is -2.84. The molecule has 0 unspecified atom stereocenters. The van der Waals surface area contributed by atoms with Crippen molar-refractivity contribution >= 4 is 21.2 Å². The molecule has 0 spiro atoms. The number of hydrogen-bond donors (Lipinski definition) is 1. The standard InChI is InChI=1S/C12H18N2O2S/c1-9-7-11(13)12(8-10(9)2)14-3-5-17(15,16)6-4-14/h7-8H,3-6,13H2,1-2H3. The fourth-order valence-electron chi connectivity index (χ4n) is 2.05. The van der Waals surface area contributed by atoms with Crippen LogP contribution in [0.5, 0.6) is 0 Å². The Morgan fingerprint density at radius 2 is 1.65 bits per heavy atom. The lowest BCUT2D eigenvalue weighted by atomic mass is 10.1. The van der Waals surface area contributed by atoms with Crippen LogP contribution >= 0.6 is 0 Å². The van der Waals surface area contributed by atoms with E-state index in [0.717, 1.165) is 16.9 Å². The van der Waals surface area contributed by atoms with Gasteiger partial charge in [-0.25, -0.2) is 8.42 Å². The summed E-state index contributed by atoms with van der Waals surface area (Å²) in [4.78, 5) is 2.06. The maximum atomic E-state index is 11.4. The van der Waals surface area contributed by atoms with Crippen LogP contribution in [0.2, 0.25) is 0 Å². The molecule has 0 atom stereocenters. The van der Waals surface area contributed by atoms with Crippen molar-refractivity contribution in [2.75, 3.05) is 35.2 Å². The Morgan fingerprint density at radius 1 is 1.12 bits per heavy atom. The lowest BCUT2D eigenvalue weighted by molar-refractivity contribution is 0.587. The highest BCUT2D eigenvalue weighted by molar-refractivity contribution is 7.91. The highest BCUT2D eigenvalue weighted by Gasteiger charge is 2.23. The number of hydrogen-bond acceptors (Lipinski definition) is 4. The van der Waals surface area contributed by atoms with E-state index < -0.39 is 9.84 Å². The fraction of sp³-hybridized carbons (Fsp3) is 0.500. The Hall–Kier alpha value is -1.23. The summed E-state index contributed by atoms with van der Waals surface area (Å²) >= 11 is 0. The molecule has 1 aromatic rings. The van der Waals surface area contributed by atoms with Crippen LogP contribution in [0.3, 0.4) is 0 Å². The third-order valence-electron chi connectivity index (χ3n) is 3.33. The summed E-state index contributed by atoms with van der Waals surface area (Å²) in [5.41, 5.74) is 10.0. The van der Waals surface area contributed by atoms with Gasteiger partial charge in [0.1, 0.15) is 0 Å². The van der Waals surface area contributed by atoms with Crippen molar-refractivity contribution < 1.29 is 8.42 Å². The van der Waals surface area contributed by atoms with Gasteiger partial charge in [-0.05, 0) is 37.1 Å². The Kier molecular flexibility index (Phi) is 3.03. The summed E-state index contributed by atoms with van der Waals surface area (Å²) in [6.45, 7) is 5.14. The van der Waals surface area contributed by atoms with Crippen LogP contribution in [0.1, 0.15) is 11.1 Å². The fourth-order valence-corrected chi connectivity index (χ4v) is 3.25. The van der Waals surface area contributed by atoms with Gasteiger partial charge in [-0.15, -0.1) is 0 Å². The number of anilines is 2. The first kappa shape index (κ1) is 12.2. The van der Waals surface area contributed by atoms with Gasteiger partial charge in [0.15, 0.2) is 9.84 Å². The Labute approximate surface area is 102 Å². The lowest BCUT2D eigenvalue weighted by Gasteiger charge is -2.30. The Morgan fingerprint density at radius 3 is 2.24 bits per heavy atom. The molecule has 4 nitrogen and oxygen atoms in total. The predicted molar refractivity (Wildman–Crippen MR) is 71.2 cm³/mol. The van der Waals surface area contributed by atoms with Crippen molar-refractivity contribution in [2.24, 2.45) is 0 Å². The van der Waals surface area contributed by atoms with Gasteiger partial charge in [0, 0.05) is 13.1 Å². The molecule has 0 aliphatic carbocycles. The molecule has 0 saturated carbocycles. The van der Waals surface area contributed by atoms with Crippen LogP contribution in [0.15, 0.2) is 12.1 Å². The number of nitrogens with two attached hydrogens (primary N) is 1. The molecule has 0 amide bonds. The summed E-state index contributed by atoms with van der Waals surface area (Å²) in [5.74, 6) is 0.443. The Bertz CT molecular complexity index is 524. The molecule has 1 aromatic carbocycles. The van der Waals surface area contributed by atoms with Crippen LogP contribution in [-0.2, 0) is 9.84 Å². The smallest absolute Gasteiger partial charge is 0.153 e. The Balaban J connectivity index is 2.27. The van der Waals surface area contributed by atoms with Crippen LogP contribution in [0, 0.1) is 13.8 Å². The third kappa shape index (κ3) is 2.54. The number of nitrogen functional groups attached to an aromatic ring is 1. The molecule has 0 bridgehead atoms. The van der Waals surface area contributed by atoms with E-state index in [9.17, 15) is 8.42 Å². The second-order valence-electron chi connectivity index (χ2n) is 4.63. The first-order valence-corrected chi connectivity index (χ1v) is 7.53. The number of nitrogens with zero attached hydrogens (tertiary/aromatic N) is 1. The SMILES string of the molecule is Cc1cc(N)c(N2CCS(=O)(=O)CC2)cc1C. The zero-order valence-corrected chi connectivity index (χ0v) is 11.0. The maximum absolute atomic E-state index is 11.4. The molecule has 2 N–H and O–H groups in total. The van der Waals surface area contributed by atoms with E-state index in [2.05, 4.69) is 4.90 Å².